The Kier molecular flexibility index (Phi) is 8.85. The van der Waals surface area contributed by atoms with E-state index in [4.69, 9.17) is 0 Å². The zero-order valence-electron chi connectivity index (χ0n) is 21.1. The molecule has 40 heavy (non-hydrogen) atoms. The molecular formula is C26H27F4N3O5S2. The van der Waals surface area contributed by atoms with E-state index in [0.29, 0.717) is 5.56 Å². The molecule has 0 atom stereocenters. The number of hydrogen-bond acceptors (Lipinski definition) is 5. The Hall–Kier alpha value is -3.04. The molecule has 0 aromatic heterocycles. The first kappa shape index (κ1) is 29.9. The molecule has 1 heterocycles. The van der Waals surface area contributed by atoms with Crippen LogP contribution in [0.5, 0.6) is 5.75 Å². The lowest BCUT2D eigenvalue weighted by atomic mass is 9.73. The first-order valence-corrected chi connectivity index (χ1v) is 15.1. The van der Waals surface area contributed by atoms with Gasteiger partial charge in [0.1, 0.15) is 16.5 Å². The number of nitrogens with zero attached hydrogens (tertiary/aromatic N) is 1. The van der Waals surface area contributed by atoms with Gasteiger partial charge in [0.05, 0.1) is 0 Å². The second-order valence-electron chi connectivity index (χ2n) is 9.32. The molecule has 0 unspecified atom stereocenters. The maximum Gasteiger partial charge on any atom is 0.573 e. The summed E-state index contributed by atoms with van der Waals surface area (Å²) in [5.74, 6) is -1.30. The summed E-state index contributed by atoms with van der Waals surface area (Å²) in [4.78, 5) is -0.666. The molecule has 1 aliphatic heterocycles. The summed E-state index contributed by atoms with van der Waals surface area (Å²) in [5.41, 5.74) is 0.496. The molecule has 2 N–H and O–H groups in total. The van der Waals surface area contributed by atoms with E-state index in [2.05, 4.69) is 14.2 Å². The molecule has 0 amide bonds. The first-order chi connectivity index (χ1) is 18.8. The maximum atomic E-state index is 13.1. The largest absolute Gasteiger partial charge is 0.573 e. The van der Waals surface area contributed by atoms with Crippen molar-refractivity contribution in [2.75, 3.05) is 19.6 Å². The van der Waals surface area contributed by atoms with Crippen LogP contribution in [0.15, 0.2) is 83.8 Å². The zero-order chi connectivity index (χ0) is 29.0. The standard InChI is InChI=1S/C26H27F4N3O5S2/c27-22-12-10-20(11-13-22)18-31-40(36,37)33-16-14-25(15-17-33,21-6-2-1-3-7-21)19-32-39(34,35)24-9-5-4-8-23(24)38-26(28,29)30/h1-13,31-32H,14-19H2. The second-order valence-corrected chi connectivity index (χ2v) is 12.8. The van der Waals surface area contributed by atoms with Gasteiger partial charge in [-0.1, -0.05) is 54.6 Å². The van der Waals surface area contributed by atoms with Crippen LogP contribution in [0.3, 0.4) is 0 Å². The van der Waals surface area contributed by atoms with E-state index in [1.807, 2.05) is 0 Å². The predicted molar refractivity (Wildman–Crippen MR) is 139 cm³/mol. The molecule has 3 aromatic rings. The summed E-state index contributed by atoms with van der Waals surface area (Å²) in [6.45, 7) is -0.106. The van der Waals surface area contributed by atoms with Crippen LogP contribution in [-0.2, 0) is 32.2 Å². The van der Waals surface area contributed by atoms with E-state index in [1.165, 1.54) is 40.7 Å². The summed E-state index contributed by atoms with van der Waals surface area (Å²) in [7, 11) is -8.34. The fourth-order valence-electron chi connectivity index (χ4n) is 4.57. The summed E-state index contributed by atoms with van der Waals surface area (Å²) in [6, 6.07) is 18.8. The highest BCUT2D eigenvalue weighted by atomic mass is 32.2. The van der Waals surface area contributed by atoms with Gasteiger partial charge in [-0.05, 0) is 48.2 Å². The molecule has 1 fully saturated rings. The van der Waals surface area contributed by atoms with E-state index < -0.39 is 48.5 Å². The van der Waals surface area contributed by atoms with Gasteiger partial charge in [-0.25, -0.2) is 17.5 Å². The number of benzene rings is 3. The van der Waals surface area contributed by atoms with Gasteiger partial charge >= 0.3 is 6.36 Å². The lowest BCUT2D eigenvalue weighted by molar-refractivity contribution is -0.275. The van der Waals surface area contributed by atoms with Crippen molar-refractivity contribution in [1.29, 1.82) is 0 Å². The molecule has 4 rings (SSSR count). The SMILES string of the molecule is O=S(=O)(NCC1(c2ccccc2)CCN(S(=O)(=O)NCc2ccc(F)cc2)CC1)c1ccccc1OC(F)(F)F. The third kappa shape index (κ3) is 7.37. The molecule has 0 aliphatic carbocycles. The Morgan fingerprint density at radius 2 is 1.43 bits per heavy atom. The summed E-state index contributed by atoms with van der Waals surface area (Å²) in [5, 5.41) is 0. The van der Waals surface area contributed by atoms with E-state index in [1.54, 1.807) is 30.3 Å². The van der Waals surface area contributed by atoms with Crippen molar-refractivity contribution in [3.05, 3.63) is 95.8 Å². The van der Waals surface area contributed by atoms with Crippen LogP contribution in [0.2, 0.25) is 0 Å². The van der Waals surface area contributed by atoms with Crippen molar-refractivity contribution in [3.63, 3.8) is 0 Å². The van der Waals surface area contributed by atoms with Gasteiger partial charge in [-0.2, -0.15) is 17.4 Å². The molecule has 0 spiro atoms. The number of alkyl halides is 3. The van der Waals surface area contributed by atoms with Gasteiger partial charge in [0.2, 0.25) is 10.0 Å². The van der Waals surface area contributed by atoms with Crippen LogP contribution < -0.4 is 14.2 Å². The average molecular weight is 602 g/mol. The zero-order valence-corrected chi connectivity index (χ0v) is 22.7. The van der Waals surface area contributed by atoms with E-state index in [9.17, 15) is 34.4 Å². The van der Waals surface area contributed by atoms with Gasteiger partial charge in [-0.15, -0.1) is 13.2 Å². The third-order valence-electron chi connectivity index (χ3n) is 6.74. The van der Waals surface area contributed by atoms with Crippen LogP contribution in [-0.4, -0.2) is 47.1 Å². The highest BCUT2D eigenvalue weighted by Crippen LogP contribution is 2.37. The van der Waals surface area contributed by atoms with Gasteiger partial charge in [0.15, 0.2) is 0 Å². The van der Waals surface area contributed by atoms with Gasteiger partial charge in [0.25, 0.3) is 10.2 Å². The fraction of sp³-hybridized carbons (Fsp3) is 0.308. The number of ether oxygens (including phenoxy) is 1. The van der Waals surface area contributed by atoms with Gasteiger partial charge < -0.3 is 4.74 Å². The Morgan fingerprint density at radius 1 is 0.825 bits per heavy atom. The molecule has 3 aromatic carbocycles. The summed E-state index contributed by atoms with van der Waals surface area (Å²) in [6.07, 6.45) is -4.62. The molecular weight excluding hydrogens is 574 g/mol. The minimum Gasteiger partial charge on any atom is -0.404 e. The normalized spacial score (nSPS) is 16.5. The van der Waals surface area contributed by atoms with E-state index in [0.717, 1.165) is 17.7 Å². The summed E-state index contributed by atoms with van der Waals surface area (Å²) < 4.78 is 114. The van der Waals surface area contributed by atoms with Crippen LogP contribution in [0.25, 0.3) is 0 Å². The van der Waals surface area contributed by atoms with Crippen LogP contribution in [0.4, 0.5) is 17.6 Å². The lowest BCUT2D eigenvalue weighted by Crippen LogP contribution is -2.52. The van der Waals surface area contributed by atoms with E-state index >= 15 is 0 Å². The van der Waals surface area contributed by atoms with Gasteiger partial charge in [-0.3, -0.25) is 0 Å². The van der Waals surface area contributed by atoms with Crippen molar-refractivity contribution in [2.45, 2.75) is 36.1 Å². The molecule has 1 aliphatic rings. The quantitative estimate of drug-likeness (QED) is 0.341. The Labute approximate surface area is 230 Å². The smallest absolute Gasteiger partial charge is 0.404 e. The van der Waals surface area contributed by atoms with Crippen molar-refractivity contribution in [1.82, 2.24) is 13.7 Å². The third-order valence-corrected chi connectivity index (χ3v) is 9.74. The van der Waals surface area contributed by atoms with Crippen LogP contribution >= 0.6 is 0 Å². The minimum absolute atomic E-state index is 0.0395. The lowest BCUT2D eigenvalue weighted by Gasteiger charge is -2.41. The molecule has 14 heteroatoms. The molecule has 0 saturated carbocycles. The number of halogens is 4. The minimum atomic E-state index is -5.08. The van der Waals surface area contributed by atoms with Crippen molar-refractivity contribution >= 4 is 20.2 Å². The highest BCUT2D eigenvalue weighted by Gasteiger charge is 2.41. The highest BCUT2D eigenvalue weighted by molar-refractivity contribution is 7.89. The first-order valence-electron chi connectivity index (χ1n) is 12.2. The Balaban J connectivity index is 1.50. The monoisotopic (exact) mass is 601 g/mol. The predicted octanol–water partition coefficient (Wildman–Crippen LogP) is 4.07. The number of nitrogens with one attached hydrogen (secondary N) is 2. The number of hydrogen-bond donors (Lipinski definition) is 2. The second kappa shape index (κ2) is 11.8. The number of para-hydroxylation sites is 1. The van der Waals surface area contributed by atoms with Crippen molar-refractivity contribution in [3.8, 4) is 5.75 Å². The Morgan fingerprint density at radius 3 is 2.05 bits per heavy atom. The van der Waals surface area contributed by atoms with E-state index in [-0.39, 0.29) is 39.0 Å². The van der Waals surface area contributed by atoms with Crippen LogP contribution in [0.1, 0.15) is 24.0 Å². The Bertz CT molecular complexity index is 1510. The number of sulfonamides is 1. The van der Waals surface area contributed by atoms with Crippen LogP contribution in [0, 0.1) is 5.82 Å². The molecule has 1 saturated heterocycles. The number of rotatable bonds is 10. The molecule has 0 bridgehead atoms. The fourth-order valence-corrected chi connectivity index (χ4v) is 7.02. The average Bonchev–Trinajstić information content (AvgIpc) is 2.92. The van der Waals surface area contributed by atoms with Crippen molar-refractivity contribution in [2.24, 2.45) is 0 Å². The topological polar surface area (TPSA) is 105 Å². The molecule has 8 nitrogen and oxygen atoms in total. The number of piperidine rings is 1. The molecule has 216 valence electrons. The van der Waals surface area contributed by atoms with Gasteiger partial charge in [0, 0.05) is 31.6 Å². The molecule has 0 radical (unpaired) electrons. The summed E-state index contributed by atoms with van der Waals surface area (Å²) >= 11 is 0. The van der Waals surface area contributed by atoms with Crippen molar-refractivity contribution < 1.29 is 39.1 Å². The maximum absolute atomic E-state index is 13.1.